The third-order valence-corrected chi connectivity index (χ3v) is 3.97. The summed E-state index contributed by atoms with van der Waals surface area (Å²) in [6.07, 6.45) is 1.75. The van der Waals surface area contributed by atoms with Gasteiger partial charge in [0.05, 0.1) is 18.4 Å². The molecule has 0 aliphatic carbocycles. The molecule has 0 N–H and O–H groups in total. The number of methoxy groups -OCH3 is 1. The third-order valence-electron chi connectivity index (χ3n) is 3.97. The van der Waals surface area contributed by atoms with Gasteiger partial charge in [-0.25, -0.2) is 9.97 Å². The Morgan fingerprint density at radius 1 is 1.00 bits per heavy atom. The Bertz CT molecular complexity index is 847. The van der Waals surface area contributed by atoms with Crippen molar-refractivity contribution in [3.8, 4) is 22.9 Å². The van der Waals surface area contributed by atoms with E-state index in [0.29, 0.717) is 18.3 Å². The summed E-state index contributed by atoms with van der Waals surface area (Å²) in [5, 5.41) is 0. The maximum Gasteiger partial charge on any atom is 0.163 e. The van der Waals surface area contributed by atoms with Crippen LogP contribution in [-0.4, -0.2) is 17.1 Å². The summed E-state index contributed by atoms with van der Waals surface area (Å²) in [4.78, 5) is 8.97. The fourth-order valence-electron chi connectivity index (χ4n) is 2.56. The highest BCUT2D eigenvalue weighted by Crippen LogP contribution is 2.27. The topological polar surface area (TPSA) is 44.2 Å². The molecule has 0 saturated heterocycles. The highest BCUT2D eigenvalue weighted by atomic mass is 16.5. The van der Waals surface area contributed by atoms with Crippen molar-refractivity contribution < 1.29 is 9.47 Å². The minimum Gasteiger partial charge on any atom is -0.496 e. The number of rotatable bonds is 6. The predicted octanol–water partition coefficient (Wildman–Crippen LogP) is 4.85. The van der Waals surface area contributed by atoms with Crippen molar-refractivity contribution in [2.45, 2.75) is 26.4 Å². The van der Waals surface area contributed by atoms with Crippen LogP contribution in [0.25, 0.3) is 11.4 Å². The fraction of sp³-hybridized carbons (Fsp3) is 0.238. The minimum absolute atomic E-state index is 0.395. The molecule has 3 aromatic rings. The first-order valence-corrected chi connectivity index (χ1v) is 8.35. The smallest absolute Gasteiger partial charge is 0.163 e. The molecule has 0 bridgehead atoms. The van der Waals surface area contributed by atoms with E-state index in [0.717, 1.165) is 22.8 Å². The second-order valence-corrected chi connectivity index (χ2v) is 6.09. The molecular formula is C21H22N2O2. The van der Waals surface area contributed by atoms with Crippen LogP contribution in [0.5, 0.6) is 11.5 Å². The van der Waals surface area contributed by atoms with E-state index in [-0.39, 0.29) is 0 Å². The van der Waals surface area contributed by atoms with Crippen LogP contribution in [-0.2, 0) is 6.61 Å². The van der Waals surface area contributed by atoms with Crippen LogP contribution in [0.3, 0.4) is 0 Å². The molecule has 1 heterocycles. The number of aromatic nitrogens is 2. The van der Waals surface area contributed by atoms with Gasteiger partial charge in [-0.15, -0.1) is 0 Å². The van der Waals surface area contributed by atoms with Crippen molar-refractivity contribution in [3.05, 3.63) is 72.1 Å². The molecule has 0 amide bonds. The molecule has 4 nitrogen and oxygen atoms in total. The van der Waals surface area contributed by atoms with Crippen LogP contribution in [0.2, 0.25) is 0 Å². The molecule has 128 valence electrons. The lowest BCUT2D eigenvalue weighted by Crippen LogP contribution is -2.01. The van der Waals surface area contributed by atoms with E-state index in [9.17, 15) is 0 Å². The Labute approximate surface area is 148 Å². The first-order chi connectivity index (χ1) is 12.2. The lowest BCUT2D eigenvalue weighted by Gasteiger charge is -2.11. The van der Waals surface area contributed by atoms with Gasteiger partial charge in [-0.1, -0.05) is 38.1 Å². The van der Waals surface area contributed by atoms with Gasteiger partial charge in [0.2, 0.25) is 0 Å². The van der Waals surface area contributed by atoms with E-state index in [1.165, 1.54) is 5.56 Å². The van der Waals surface area contributed by atoms with Crippen LogP contribution in [0.4, 0.5) is 0 Å². The second kappa shape index (κ2) is 7.79. The number of benzene rings is 2. The summed E-state index contributed by atoms with van der Waals surface area (Å²) in [5.41, 5.74) is 2.95. The van der Waals surface area contributed by atoms with Crippen molar-refractivity contribution in [1.29, 1.82) is 0 Å². The summed E-state index contributed by atoms with van der Waals surface area (Å²) in [5.74, 6) is 2.71. The van der Waals surface area contributed by atoms with Crippen molar-refractivity contribution in [3.63, 3.8) is 0 Å². The summed E-state index contributed by atoms with van der Waals surface area (Å²) in [7, 11) is 1.65. The van der Waals surface area contributed by atoms with Gasteiger partial charge in [-0.3, -0.25) is 0 Å². The summed E-state index contributed by atoms with van der Waals surface area (Å²) < 4.78 is 11.3. The van der Waals surface area contributed by atoms with Gasteiger partial charge in [0.25, 0.3) is 0 Å². The Kier molecular flexibility index (Phi) is 5.29. The zero-order valence-electron chi connectivity index (χ0n) is 14.8. The van der Waals surface area contributed by atoms with Gasteiger partial charge in [-0.2, -0.15) is 0 Å². The summed E-state index contributed by atoms with van der Waals surface area (Å²) >= 11 is 0. The number of ether oxygens (including phenoxy) is 2. The molecule has 2 aromatic carbocycles. The number of nitrogens with zero attached hydrogens (tertiary/aromatic N) is 2. The molecule has 3 rings (SSSR count). The van der Waals surface area contributed by atoms with Gasteiger partial charge in [0.1, 0.15) is 18.1 Å². The van der Waals surface area contributed by atoms with E-state index >= 15 is 0 Å². The molecule has 0 aliphatic rings. The average Bonchev–Trinajstić information content (AvgIpc) is 2.67. The second-order valence-electron chi connectivity index (χ2n) is 6.09. The highest BCUT2D eigenvalue weighted by Gasteiger charge is 2.09. The van der Waals surface area contributed by atoms with Gasteiger partial charge >= 0.3 is 0 Å². The molecule has 4 heteroatoms. The molecule has 1 aromatic heterocycles. The summed E-state index contributed by atoms with van der Waals surface area (Å²) in [6.45, 7) is 4.73. The maximum atomic E-state index is 5.91. The quantitative estimate of drug-likeness (QED) is 0.646. The maximum absolute atomic E-state index is 5.91. The molecule has 25 heavy (non-hydrogen) atoms. The van der Waals surface area contributed by atoms with Gasteiger partial charge in [0, 0.05) is 6.20 Å². The van der Waals surface area contributed by atoms with Crippen LogP contribution in [0.15, 0.2) is 60.8 Å². The Hall–Kier alpha value is -2.88. The van der Waals surface area contributed by atoms with Gasteiger partial charge in [0.15, 0.2) is 5.82 Å². The van der Waals surface area contributed by atoms with E-state index in [1.807, 2.05) is 42.5 Å². The first-order valence-electron chi connectivity index (χ1n) is 8.35. The molecule has 0 saturated carbocycles. The first kappa shape index (κ1) is 17.0. The third kappa shape index (κ3) is 4.15. The molecule has 0 aliphatic heterocycles. The normalized spacial score (nSPS) is 10.7. The van der Waals surface area contributed by atoms with Gasteiger partial charge < -0.3 is 9.47 Å². The van der Waals surface area contributed by atoms with Crippen LogP contribution in [0, 0.1) is 0 Å². The largest absolute Gasteiger partial charge is 0.496 e. The molecular weight excluding hydrogens is 312 g/mol. The van der Waals surface area contributed by atoms with Crippen molar-refractivity contribution in [1.82, 2.24) is 9.97 Å². The van der Waals surface area contributed by atoms with E-state index in [1.54, 1.807) is 13.3 Å². The zero-order chi connectivity index (χ0) is 17.6. The van der Waals surface area contributed by atoms with Gasteiger partial charge in [-0.05, 0) is 41.8 Å². The standard InChI is InChI=1S/C21H22N2O2/c1-15(2)16-7-6-8-18(13-16)25-14-17-11-12-22-21(23-17)19-9-4-5-10-20(19)24-3/h4-13,15H,14H2,1-3H3. The van der Waals surface area contributed by atoms with E-state index in [2.05, 4.69) is 35.9 Å². The number of para-hydroxylation sites is 1. The molecule has 0 radical (unpaired) electrons. The lowest BCUT2D eigenvalue weighted by atomic mass is 10.0. The fourth-order valence-corrected chi connectivity index (χ4v) is 2.56. The predicted molar refractivity (Wildman–Crippen MR) is 98.9 cm³/mol. The zero-order valence-corrected chi connectivity index (χ0v) is 14.8. The Morgan fingerprint density at radius 3 is 2.64 bits per heavy atom. The number of hydrogen-bond donors (Lipinski definition) is 0. The SMILES string of the molecule is COc1ccccc1-c1nccc(COc2cccc(C(C)C)c2)n1. The van der Waals surface area contributed by atoms with Crippen LogP contribution >= 0.6 is 0 Å². The minimum atomic E-state index is 0.395. The number of hydrogen-bond acceptors (Lipinski definition) is 4. The lowest BCUT2D eigenvalue weighted by molar-refractivity contribution is 0.301. The van der Waals surface area contributed by atoms with Crippen LogP contribution < -0.4 is 9.47 Å². The molecule has 0 fully saturated rings. The highest BCUT2D eigenvalue weighted by molar-refractivity contribution is 5.63. The van der Waals surface area contributed by atoms with Crippen molar-refractivity contribution >= 4 is 0 Å². The monoisotopic (exact) mass is 334 g/mol. The average molecular weight is 334 g/mol. The van der Waals surface area contributed by atoms with Crippen molar-refractivity contribution in [2.75, 3.05) is 7.11 Å². The van der Waals surface area contributed by atoms with E-state index in [4.69, 9.17) is 9.47 Å². The molecule has 0 unspecified atom stereocenters. The summed E-state index contributed by atoms with van der Waals surface area (Å²) in [6, 6.07) is 17.8. The Balaban J connectivity index is 1.77. The molecule has 0 spiro atoms. The van der Waals surface area contributed by atoms with E-state index < -0.39 is 0 Å². The molecule has 0 atom stereocenters. The van der Waals surface area contributed by atoms with Crippen molar-refractivity contribution in [2.24, 2.45) is 0 Å². The van der Waals surface area contributed by atoms with Crippen LogP contribution in [0.1, 0.15) is 31.0 Å². The Morgan fingerprint density at radius 2 is 1.84 bits per heavy atom.